The van der Waals surface area contributed by atoms with Crippen LogP contribution in [0.1, 0.15) is 18.9 Å². The van der Waals surface area contributed by atoms with Gasteiger partial charge in [0.2, 0.25) is 0 Å². The Hall–Kier alpha value is -2.50. The highest BCUT2D eigenvalue weighted by Crippen LogP contribution is 2.27. The van der Waals surface area contributed by atoms with Gasteiger partial charge in [-0.05, 0) is 13.3 Å². The number of benzene rings is 1. The van der Waals surface area contributed by atoms with Gasteiger partial charge in [-0.3, -0.25) is 10.1 Å². The summed E-state index contributed by atoms with van der Waals surface area (Å²) in [5, 5.41) is 14.1. The van der Waals surface area contributed by atoms with Crippen LogP contribution in [0.4, 0.5) is 11.5 Å². The second kappa shape index (κ2) is 6.10. The number of rotatable bonds is 5. The number of nitrogens with zero attached hydrogens (tertiary/aromatic N) is 3. The van der Waals surface area contributed by atoms with E-state index in [1.54, 1.807) is 6.07 Å². The molecule has 1 heterocycles. The van der Waals surface area contributed by atoms with E-state index in [9.17, 15) is 10.1 Å². The van der Waals surface area contributed by atoms with Gasteiger partial charge in [-0.25, -0.2) is 9.97 Å². The second-order valence-electron chi connectivity index (χ2n) is 4.43. The van der Waals surface area contributed by atoms with E-state index in [4.69, 9.17) is 0 Å². The van der Waals surface area contributed by atoms with Crippen molar-refractivity contribution in [3.63, 3.8) is 0 Å². The van der Waals surface area contributed by atoms with Crippen molar-refractivity contribution in [1.82, 2.24) is 9.97 Å². The Bertz CT molecular complexity index is 628. The molecule has 0 amide bonds. The molecule has 1 N–H and O–H groups in total. The van der Waals surface area contributed by atoms with Crippen LogP contribution >= 0.6 is 0 Å². The first-order valence-corrected chi connectivity index (χ1v) is 6.43. The van der Waals surface area contributed by atoms with Gasteiger partial charge in [-0.1, -0.05) is 19.1 Å². The van der Waals surface area contributed by atoms with E-state index in [0.717, 1.165) is 29.9 Å². The number of nitrogens with one attached hydrogen (secondary N) is 1. The SMILES string of the molecule is CCCNc1ncnc(-c2cccc([N+](=O)[O-])c2)c1C. The Balaban J connectivity index is 2.42. The molecule has 0 radical (unpaired) electrons. The van der Waals surface area contributed by atoms with Crippen molar-refractivity contribution in [2.24, 2.45) is 0 Å². The number of aromatic nitrogens is 2. The van der Waals surface area contributed by atoms with Gasteiger partial charge in [0.15, 0.2) is 0 Å². The van der Waals surface area contributed by atoms with Gasteiger partial charge in [0.05, 0.1) is 10.6 Å². The normalized spacial score (nSPS) is 10.3. The van der Waals surface area contributed by atoms with Gasteiger partial charge in [0.1, 0.15) is 12.1 Å². The third kappa shape index (κ3) is 2.90. The van der Waals surface area contributed by atoms with Gasteiger partial charge >= 0.3 is 0 Å². The number of non-ortho nitro benzene ring substituents is 1. The average Bonchev–Trinajstić information content (AvgIpc) is 2.46. The van der Waals surface area contributed by atoms with Crippen molar-refractivity contribution in [3.8, 4) is 11.3 Å². The fraction of sp³-hybridized carbons (Fsp3) is 0.286. The van der Waals surface area contributed by atoms with E-state index in [0.29, 0.717) is 5.69 Å². The molecule has 0 saturated heterocycles. The largest absolute Gasteiger partial charge is 0.370 e. The van der Waals surface area contributed by atoms with Crippen LogP contribution in [-0.2, 0) is 0 Å². The van der Waals surface area contributed by atoms with Crippen molar-refractivity contribution < 1.29 is 4.92 Å². The molecule has 0 fully saturated rings. The maximum atomic E-state index is 10.8. The Kier molecular flexibility index (Phi) is 4.24. The topological polar surface area (TPSA) is 81.0 Å². The maximum Gasteiger partial charge on any atom is 0.270 e. The van der Waals surface area contributed by atoms with Crippen LogP contribution in [0.25, 0.3) is 11.3 Å². The highest BCUT2D eigenvalue weighted by molar-refractivity contribution is 5.69. The molecule has 104 valence electrons. The smallest absolute Gasteiger partial charge is 0.270 e. The molecule has 6 heteroatoms. The summed E-state index contributed by atoms with van der Waals surface area (Å²) in [6, 6.07) is 6.47. The van der Waals surface area contributed by atoms with Crippen LogP contribution in [0.3, 0.4) is 0 Å². The van der Waals surface area contributed by atoms with Gasteiger partial charge in [0, 0.05) is 29.8 Å². The molecule has 0 aliphatic rings. The highest BCUT2D eigenvalue weighted by atomic mass is 16.6. The van der Waals surface area contributed by atoms with Crippen molar-refractivity contribution in [2.45, 2.75) is 20.3 Å². The second-order valence-corrected chi connectivity index (χ2v) is 4.43. The lowest BCUT2D eigenvalue weighted by atomic mass is 10.1. The van der Waals surface area contributed by atoms with Crippen LogP contribution in [-0.4, -0.2) is 21.4 Å². The zero-order valence-corrected chi connectivity index (χ0v) is 11.5. The van der Waals surface area contributed by atoms with Crippen LogP contribution in [0.2, 0.25) is 0 Å². The van der Waals surface area contributed by atoms with E-state index in [2.05, 4.69) is 22.2 Å². The fourth-order valence-corrected chi connectivity index (χ4v) is 1.93. The van der Waals surface area contributed by atoms with Crippen LogP contribution in [0.5, 0.6) is 0 Å². The molecule has 0 atom stereocenters. The number of nitro benzene ring substituents is 1. The van der Waals surface area contributed by atoms with E-state index >= 15 is 0 Å². The predicted octanol–water partition coefficient (Wildman–Crippen LogP) is 3.18. The van der Waals surface area contributed by atoms with Crippen LogP contribution < -0.4 is 5.32 Å². The molecule has 0 aliphatic heterocycles. The van der Waals surface area contributed by atoms with Gasteiger partial charge in [0.25, 0.3) is 5.69 Å². The molecular weight excluding hydrogens is 256 g/mol. The number of anilines is 1. The number of hydrogen-bond donors (Lipinski definition) is 1. The Morgan fingerprint density at radius 3 is 2.85 bits per heavy atom. The summed E-state index contributed by atoms with van der Waals surface area (Å²) >= 11 is 0. The molecule has 2 aromatic rings. The summed E-state index contributed by atoms with van der Waals surface area (Å²) in [5.74, 6) is 0.767. The third-order valence-corrected chi connectivity index (χ3v) is 2.96. The monoisotopic (exact) mass is 272 g/mol. The minimum atomic E-state index is -0.406. The number of nitro groups is 1. The summed E-state index contributed by atoms with van der Waals surface area (Å²) in [6.07, 6.45) is 2.47. The lowest BCUT2D eigenvalue weighted by molar-refractivity contribution is -0.384. The highest BCUT2D eigenvalue weighted by Gasteiger charge is 2.12. The summed E-state index contributed by atoms with van der Waals surface area (Å²) in [5.41, 5.74) is 2.38. The number of hydrogen-bond acceptors (Lipinski definition) is 5. The zero-order valence-electron chi connectivity index (χ0n) is 11.5. The van der Waals surface area contributed by atoms with Crippen molar-refractivity contribution in [3.05, 3.63) is 46.3 Å². The van der Waals surface area contributed by atoms with E-state index in [-0.39, 0.29) is 5.69 Å². The standard InChI is InChI=1S/C14H16N4O2/c1-3-7-15-14-10(2)13(16-9-17-14)11-5-4-6-12(8-11)18(19)20/h4-6,8-9H,3,7H2,1-2H3,(H,15,16,17). The Labute approximate surface area is 117 Å². The van der Waals surface area contributed by atoms with Crippen LogP contribution in [0.15, 0.2) is 30.6 Å². The molecule has 0 spiro atoms. The predicted molar refractivity (Wildman–Crippen MR) is 77.6 cm³/mol. The molecule has 1 aromatic carbocycles. The molecule has 20 heavy (non-hydrogen) atoms. The minimum absolute atomic E-state index is 0.0589. The Morgan fingerprint density at radius 1 is 1.35 bits per heavy atom. The van der Waals surface area contributed by atoms with Gasteiger partial charge < -0.3 is 5.32 Å². The molecule has 0 saturated carbocycles. The Morgan fingerprint density at radius 2 is 2.15 bits per heavy atom. The lowest BCUT2D eigenvalue weighted by Crippen LogP contribution is -2.05. The van der Waals surface area contributed by atoms with Crippen LogP contribution in [0, 0.1) is 17.0 Å². The quantitative estimate of drug-likeness (QED) is 0.667. The fourth-order valence-electron chi connectivity index (χ4n) is 1.93. The molecule has 0 aliphatic carbocycles. The lowest BCUT2D eigenvalue weighted by Gasteiger charge is -2.10. The molecular formula is C14H16N4O2. The van der Waals surface area contributed by atoms with E-state index in [1.165, 1.54) is 18.5 Å². The molecule has 2 rings (SSSR count). The summed E-state index contributed by atoms with van der Waals surface area (Å²) in [4.78, 5) is 18.9. The minimum Gasteiger partial charge on any atom is -0.370 e. The van der Waals surface area contributed by atoms with E-state index in [1.807, 2.05) is 13.0 Å². The molecule has 1 aromatic heterocycles. The first-order valence-electron chi connectivity index (χ1n) is 6.43. The van der Waals surface area contributed by atoms with Crippen molar-refractivity contribution >= 4 is 11.5 Å². The summed E-state index contributed by atoms with van der Waals surface area (Å²) < 4.78 is 0. The van der Waals surface area contributed by atoms with Gasteiger partial charge in [-0.15, -0.1) is 0 Å². The first kappa shape index (κ1) is 13.9. The first-order chi connectivity index (χ1) is 9.63. The third-order valence-electron chi connectivity index (χ3n) is 2.96. The van der Waals surface area contributed by atoms with Gasteiger partial charge in [-0.2, -0.15) is 0 Å². The summed E-state index contributed by atoms with van der Waals surface area (Å²) in [7, 11) is 0. The molecule has 0 bridgehead atoms. The van der Waals surface area contributed by atoms with E-state index < -0.39 is 4.92 Å². The zero-order chi connectivity index (χ0) is 14.5. The molecule has 0 unspecified atom stereocenters. The average molecular weight is 272 g/mol. The van der Waals surface area contributed by atoms with Crippen molar-refractivity contribution in [1.29, 1.82) is 0 Å². The summed E-state index contributed by atoms with van der Waals surface area (Å²) in [6.45, 7) is 4.81. The maximum absolute atomic E-state index is 10.8. The van der Waals surface area contributed by atoms with Crippen molar-refractivity contribution in [2.75, 3.05) is 11.9 Å². The molecule has 6 nitrogen and oxygen atoms in total.